The van der Waals surface area contributed by atoms with Crippen LogP contribution in [-0.4, -0.2) is 23.1 Å². The summed E-state index contributed by atoms with van der Waals surface area (Å²) in [5.74, 6) is -0.0294. The molecule has 1 aliphatic heterocycles. The maximum Gasteiger partial charge on any atom is 0.129 e. The van der Waals surface area contributed by atoms with Gasteiger partial charge in [-0.05, 0) is 25.0 Å². The van der Waals surface area contributed by atoms with Crippen LogP contribution in [0.25, 0.3) is 0 Å². The van der Waals surface area contributed by atoms with Gasteiger partial charge in [-0.15, -0.1) is 0 Å². The molecule has 2 aromatic rings. The Hall–Kier alpha value is -1.79. The Bertz CT molecular complexity index is 696. The van der Waals surface area contributed by atoms with Gasteiger partial charge in [0.2, 0.25) is 0 Å². The third-order valence-corrected chi connectivity index (χ3v) is 5.20. The molecule has 6 heteroatoms. The SMILES string of the molecule is Fc1cccc(F)c1C1(CNCc2nc3c([nH]2)COCC3)CCC1. The van der Waals surface area contributed by atoms with Crippen molar-refractivity contribution in [2.24, 2.45) is 0 Å². The molecule has 1 saturated carbocycles. The van der Waals surface area contributed by atoms with Crippen molar-refractivity contribution >= 4 is 0 Å². The summed E-state index contributed by atoms with van der Waals surface area (Å²) in [5, 5.41) is 3.34. The smallest absolute Gasteiger partial charge is 0.129 e. The lowest BCUT2D eigenvalue weighted by Crippen LogP contribution is -2.45. The Balaban J connectivity index is 1.45. The average molecular weight is 333 g/mol. The van der Waals surface area contributed by atoms with Crippen LogP contribution >= 0.6 is 0 Å². The van der Waals surface area contributed by atoms with E-state index in [-0.39, 0.29) is 5.56 Å². The van der Waals surface area contributed by atoms with E-state index in [1.54, 1.807) is 0 Å². The first-order valence-electron chi connectivity index (χ1n) is 8.47. The van der Waals surface area contributed by atoms with Crippen LogP contribution in [0.4, 0.5) is 8.78 Å². The van der Waals surface area contributed by atoms with E-state index >= 15 is 0 Å². The first kappa shape index (κ1) is 15.7. The van der Waals surface area contributed by atoms with Crippen LogP contribution in [0.5, 0.6) is 0 Å². The molecule has 1 aliphatic carbocycles. The van der Waals surface area contributed by atoms with Gasteiger partial charge < -0.3 is 15.0 Å². The van der Waals surface area contributed by atoms with E-state index in [4.69, 9.17) is 4.74 Å². The molecule has 4 rings (SSSR count). The molecule has 2 N–H and O–H groups in total. The largest absolute Gasteiger partial charge is 0.375 e. The number of nitrogens with one attached hydrogen (secondary N) is 2. The topological polar surface area (TPSA) is 49.9 Å². The molecule has 0 amide bonds. The van der Waals surface area contributed by atoms with E-state index in [0.29, 0.717) is 26.3 Å². The summed E-state index contributed by atoms with van der Waals surface area (Å²) in [6.45, 7) is 2.39. The normalized spacial score (nSPS) is 18.9. The first-order chi connectivity index (χ1) is 11.7. The van der Waals surface area contributed by atoms with E-state index in [9.17, 15) is 8.78 Å². The second kappa shape index (κ2) is 6.26. The molecule has 0 spiro atoms. The van der Waals surface area contributed by atoms with E-state index < -0.39 is 17.0 Å². The van der Waals surface area contributed by atoms with Gasteiger partial charge in [-0.25, -0.2) is 13.8 Å². The van der Waals surface area contributed by atoms with Crippen molar-refractivity contribution < 1.29 is 13.5 Å². The number of halogens is 2. The number of ether oxygens (including phenoxy) is 1. The number of H-pyrrole nitrogens is 1. The fourth-order valence-corrected chi connectivity index (χ4v) is 3.80. The molecule has 1 fully saturated rings. The quantitative estimate of drug-likeness (QED) is 0.884. The van der Waals surface area contributed by atoms with Gasteiger partial charge in [0.25, 0.3) is 0 Å². The van der Waals surface area contributed by atoms with Gasteiger partial charge in [-0.1, -0.05) is 12.5 Å². The van der Waals surface area contributed by atoms with Crippen LogP contribution in [0.15, 0.2) is 18.2 Å². The van der Waals surface area contributed by atoms with Gasteiger partial charge in [0.1, 0.15) is 17.5 Å². The molecule has 128 valence electrons. The maximum atomic E-state index is 14.2. The number of hydrogen-bond acceptors (Lipinski definition) is 3. The molecule has 2 aliphatic rings. The highest BCUT2D eigenvalue weighted by atomic mass is 19.1. The lowest BCUT2D eigenvalue weighted by molar-refractivity contribution is 0.107. The standard InChI is InChI=1S/C18H21F2N3O/c19-12-3-1-4-13(20)17(12)18(6-2-7-18)11-21-9-16-22-14-5-8-24-10-15(14)23-16/h1,3-4,21H,2,5-11H2,(H,22,23). The number of rotatable bonds is 5. The number of nitrogens with zero attached hydrogens (tertiary/aromatic N) is 1. The number of aromatic amines is 1. The second-order valence-corrected chi connectivity index (χ2v) is 6.75. The Kier molecular flexibility index (Phi) is 4.10. The zero-order valence-electron chi connectivity index (χ0n) is 13.5. The minimum atomic E-state index is -0.442. The van der Waals surface area contributed by atoms with E-state index in [1.165, 1.54) is 18.2 Å². The third-order valence-electron chi connectivity index (χ3n) is 5.20. The van der Waals surface area contributed by atoms with E-state index in [1.807, 2.05) is 0 Å². The Morgan fingerprint density at radius 2 is 2.04 bits per heavy atom. The molecular weight excluding hydrogens is 312 g/mol. The molecular formula is C18H21F2N3O. The van der Waals surface area contributed by atoms with Crippen molar-refractivity contribution in [1.29, 1.82) is 0 Å². The van der Waals surface area contributed by atoms with Gasteiger partial charge in [0.05, 0.1) is 31.1 Å². The highest BCUT2D eigenvalue weighted by Gasteiger charge is 2.42. The van der Waals surface area contributed by atoms with Crippen LogP contribution in [0.3, 0.4) is 0 Å². The Labute approximate surface area is 139 Å². The lowest BCUT2D eigenvalue weighted by atomic mass is 9.64. The summed E-state index contributed by atoms with van der Waals surface area (Å²) < 4.78 is 33.7. The summed E-state index contributed by atoms with van der Waals surface area (Å²) >= 11 is 0. The van der Waals surface area contributed by atoms with Crippen LogP contribution < -0.4 is 5.32 Å². The van der Waals surface area contributed by atoms with Crippen molar-refractivity contribution in [1.82, 2.24) is 15.3 Å². The van der Waals surface area contributed by atoms with Crippen molar-refractivity contribution in [2.45, 2.75) is 44.2 Å². The molecule has 0 saturated heterocycles. The summed E-state index contributed by atoms with van der Waals surface area (Å²) in [6, 6.07) is 4.11. The van der Waals surface area contributed by atoms with Crippen LogP contribution in [0.1, 0.15) is 42.0 Å². The highest BCUT2D eigenvalue weighted by Crippen LogP contribution is 2.45. The van der Waals surface area contributed by atoms with Gasteiger partial charge in [-0.2, -0.15) is 0 Å². The zero-order valence-corrected chi connectivity index (χ0v) is 13.5. The average Bonchev–Trinajstić information content (AvgIpc) is 2.94. The number of hydrogen-bond donors (Lipinski definition) is 2. The van der Waals surface area contributed by atoms with Crippen LogP contribution in [-0.2, 0) is 29.7 Å². The molecule has 0 bridgehead atoms. The Morgan fingerprint density at radius 1 is 1.25 bits per heavy atom. The van der Waals surface area contributed by atoms with Crippen molar-refractivity contribution in [2.75, 3.05) is 13.2 Å². The molecule has 0 atom stereocenters. The van der Waals surface area contributed by atoms with Gasteiger partial charge >= 0.3 is 0 Å². The fraction of sp³-hybridized carbons (Fsp3) is 0.500. The highest BCUT2D eigenvalue weighted by molar-refractivity contribution is 5.32. The van der Waals surface area contributed by atoms with Crippen molar-refractivity contribution in [3.05, 3.63) is 52.6 Å². The van der Waals surface area contributed by atoms with Gasteiger partial charge in [-0.3, -0.25) is 0 Å². The summed E-state index contributed by atoms with van der Waals surface area (Å²) in [6.07, 6.45) is 3.44. The fourth-order valence-electron chi connectivity index (χ4n) is 3.80. The first-order valence-corrected chi connectivity index (χ1v) is 8.47. The van der Waals surface area contributed by atoms with E-state index in [2.05, 4.69) is 15.3 Å². The lowest BCUT2D eigenvalue weighted by Gasteiger charge is -2.43. The van der Waals surface area contributed by atoms with E-state index in [0.717, 1.165) is 42.9 Å². The molecule has 1 aromatic heterocycles. The molecule has 0 unspecified atom stereocenters. The molecule has 0 radical (unpaired) electrons. The number of fused-ring (bicyclic) bond motifs is 1. The molecule has 1 aromatic carbocycles. The van der Waals surface area contributed by atoms with Crippen molar-refractivity contribution in [3.63, 3.8) is 0 Å². The Morgan fingerprint density at radius 3 is 2.71 bits per heavy atom. The van der Waals surface area contributed by atoms with Gasteiger partial charge in [0.15, 0.2) is 0 Å². The molecule has 4 nitrogen and oxygen atoms in total. The monoisotopic (exact) mass is 333 g/mol. The second-order valence-electron chi connectivity index (χ2n) is 6.75. The summed E-state index contributed by atoms with van der Waals surface area (Å²) in [4.78, 5) is 7.85. The number of benzene rings is 1. The maximum absolute atomic E-state index is 14.2. The zero-order chi connectivity index (χ0) is 16.6. The van der Waals surface area contributed by atoms with Crippen LogP contribution in [0.2, 0.25) is 0 Å². The minimum Gasteiger partial charge on any atom is -0.375 e. The van der Waals surface area contributed by atoms with Crippen LogP contribution in [0, 0.1) is 11.6 Å². The summed E-state index contributed by atoms with van der Waals surface area (Å²) in [7, 11) is 0. The van der Waals surface area contributed by atoms with Crippen molar-refractivity contribution in [3.8, 4) is 0 Å². The molecule has 24 heavy (non-hydrogen) atoms. The predicted molar refractivity (Wildman–Crippen MR) is 85.5 cm³/mol. The third kappa shape index (κ3) is 2.74. The number of aromatic nitrogens is 2. The minimum absolute atomic E-state index is 0.232. The summed E-state index contributed by atoms with van der Waals surface area (Å²) in [5.41, 5.74) is 1.90. The van der Waals surface area contributed by atoms with Gasteiger partial charge in [0, 0.05) is 23.9 Å². The number of imidazole rings is 1. The predicted octanol–water partition coefficient (Wildman–Crippen LogP) is 2.97. The molecule has 2 heterocycles.